The van der Waals surface area contributed by atoms with Crippen LogP contribution >= 0.6 is 0 Å². The summed E-state index contributed by atoms with van der Waals surface area (Å²) in [6.07, 6.45) is 4.51. The van der Waals surface area contributed by atoms with Crippen molar-refractivity contribution in [1.82, 2.24) is 15.0 Å². The summed E-state index contributed by atoms with van der Waals surface area (Å²) in [5.74, 6) is -0.516. The minimum atomic E-state index is -0.674. The van der Waals surface area contributed by atoms with E-state index < -0.39 is 11.6 Å². The molecule has 0 amide bonds. The number of pyridine rings is 1. The highest BCUT2D eigenvalue weighted by Gasteiger charge is 2.28. The zero-order chi connectivity index (χ0) is 20.4. The van der Waals surface area contributed by atoms with Gasteiger partial charge in [0.05, 0.1) is 5.56 Å². The minimum Gasteiger partial charge on any atom is -0.356 e. The van der Waals surface area contributed by atoms with Crippen molar-refractivity contribution in [3.8, 4) is 11.4 Å². The van der Waals surface area contributed by atoms with E-state index in [0.717, 1.165) is 35.3 Å². The lowest BCUT2D eigenvalue weighted by molar-refractivity contribution is 0.0895. The fourth-order valence-electron chi connectivity index (χ4n) is 3.62. The number of carbonyl (C=O) groups is 1. The highest BCUT2D eigenvalue weighted by molar-refractivity contribution is 5.98. The Morgan fingerprint density at radius 3 is 2.48 bits per heavy atom. The third kappa shape index (κ3) is 4.13. The summed E-state index contributed by atoms with van der Waals surface area (Å²) in [7, 11) is 0. The van der Waals surface area contributed by atoms with Crippen molar-refractivity contribution < 1.29 is 13.6 Å². The van der Waals surface area contributed by atoms with E-state index in [1.165, 1.54) is 0 Å². The van der Waals surface area contributed by atoms with Gasteiger partial charge in [0.1, 0.15) is 17.5 Å². The lowest BCUT2D eigenvalue weighted by Crippen LogP contribution is -2.37. The molecule has 1 aliphatic rings. The summed E-state index contributed by atoms with van der Waals surface area (Å²) in [6.45, 7) is 3.14. The predicted molar refractivity (Wildman–Crippen MR) is 106 cm³/mol. The minimum absolute atomic E-state index is 0.165. The number of piperidine rings is 1. The number of nitrogens with zero attached hydrogens (tertiary/aromatic N) is 4. The van der Waals surface area contributed by atoms with Gasteiger partial charge in [-0.2, -0.15) is 0 Å². The van der Waals surface area contributed by atoms with E-state index in [4.69, 9.17) is 0 Å². The second-order valence-corrected chi connectivity index (χ2v) is 7.18. The number of benzene rings is 1. The molecule has 0 radical (unpaired) electrons. The number of hydrogen-bond acceptors (Lipinski definition) is 5. The summed E-state index contributed by atoms with van der Waals surface area (Å²) >= 11 is 0. The summed E-state index contributed by atoms with van der Waals surface area (Å²) in [5.41, 5.74) is 1.57. The van der Waals surface area contributed by atoms with E-state index in [2.05, 4.69) is 19.9 Å². The van der Waals surface area contributed by atoms with Crippen LogP contribution in [0.25, 0.3) is 11.4 Å². The Hall–Kier alpha value is -3.22. The number of aryl methyl sites for hydroxylation is 1. The van der Waals surface area contributed by atoms with Crippen LogP contribution in [-0.2, 0) is 0 Å². The van der Waals surface area contributed by atoms with Crippen molar-refractivity contribution in [2.24, 2.45) is 5.92 Å². The van der Waals surface area contributed by atoms with Gasteiger partial charge in [-0.1, -0.05) is 0 Å². The number of Topliss-reactive ketones (excluding diaryl/α,β-unsaturated/α-hetero) is 1. The Balaban J connectivity index is 1.49. The van der Waals surface area contributed by atoms with Gasteiger partial charge < -0.3 is 4.90 Å². The van der Waals surface area contributed by atoms with Crippen LogP contribution in [0.5, 0.6) is 0 Å². The number of ketones is 1. The molecule has 7 heteroatoms. The molecular formula is C22H20F2N4O. The summed E-state index contributed by atoms with van der Waals surface area (Å²) in [6, 6.07) is 8.64. The lowest BCUT2D eigenvalue weighted by atomic mass is 9.88. The molecule has 1 aliphatic heterocycles. The Kier molecular flexibility index (Phi) is 5.29. The Labute approximate surface area is 167 Å². The molecular weight excluding hydrogens is 374 g/mol. The van der Waals surface area contributed by atoms with Crippen molar-refractivity contribution in [3.05, 3.63) is 71.7 Å². The highest BCUT2D eigenvalue weighted by Crippen LogP contribution is 2.27. The standard InChI is InChI=1S/C22H20F2N4O/c1-14-12-20(27-22(26-14)16-4-8-25-9-5-16)28-10-6-15(7-11-28)21(29)18-13-17(23)2-3-19(18)24/h2-5,8-9,12-13,15H,6-7,10-11H2,1H3. The van der Waals surface area contributed by atoms with E-state index in [0.29, 0.717) is 31.8 Å². The van der Waals surface area contributed by atoms with E-state index in [-0.39, 0.29) is 17.3 Å². The second kappa shape index (κ2) is 8.03. The molecule has 1 fully saturated rings. The molecule has 1 saturated heterocycles. The van der Waals surface area contributed by atoms with Crippen LogP contribution < -0.4 is 4.90 Å². The lowest BCUT2D eigenvalue weighted by Gasteiger charge is -2.32. The van der Waals surface area contributed by atoms with Crippen LogP contribution in [0.2, 0.25) is 0 Å². The predicted octanol–water partition coefficient (Wildman–Crippen LogP) is 4.22. The van der Waals surface area contributed by atoms with Crippen LogP contribution in [0.4, 0.5) is 14.6 Å². The summed E-state index contributed by atoms with van der Waals surface area (Å²) in [4.78, 5) is 28.0. The molecule has 0 aliphatic carbocycles. The number of anilines is 1. The van der Waals surface area contributed by atoms with E-state index >= 15 is 0 Å². The molecule has 0 N–H and O–H groups in total. The Morgan fingerprint density at radius 1 is 1.03 bits per heavy atom. The molecule has 4 rings (SSSR count). The van der Waals surface area contributed by atoms with Gasteiger partial charge >= 0.3 is 0 Å². The molecule has 3 heterocycles. The van der Waals surface area contributed by atoms with Crippen molar-refractivity contribution in [2.75, 3.05) is 18.0 Å². The molecule has 0 unspecified atom stereocenters. The molecule has 0 atom stereocenters. The smallest absolute Gasteiger partial charge is 0.169 e. The number of hydrogen-bond donors (Lipinski definition) is 0. The van der Waals surface area contributed by atoms with Gasteiger partial charge in [0.2, 0.25) is 0 Å². The van der Waals surface area contributed by atoms with E-state index in [9.17, 15) is 13.6 Å². The van der Waals surface area contributed by atoms with E-state index in [1.54, 1.807) is 12.4 Å². The maximum atomic E-state index is 13.9. The zero-order valence-electron chi connectivity index (χ0n) is 16.0. The average Bonchev–Trinajstić information content (AvgIpc) is 2.75. The van der Waals surface area contributed by atoms with Gasteiger partial charge in [0.15, 0.2) is 11.6 Å². The first-order valence-corrected chi connectivity index (χ1v) is 9.51. The molecule has 1 aromatic carbocycles. The molecule has 0 bridgehead atoms. The SMILES string of the molecule is Cc1cc(N2CCC(C(=O)c3cc(F)ccc3F)CC2)nc(-c2ccncc2)n1. The number of carbonyl (C=O) groups excluding carboxylic acids is 1. The molecule has 3 aromatic rings. The molecule has 0 saturated carbocycles. The zero-order valence-corrected chi connectivity index (χ0v) is 16.0. The normalized spacial score (nSPS) is 14.8. The van der Waals surface area contributed by atoms with Crippen LogP contribution in [-0.4, -0.2) is 33.8 Å². The number of halogens is 2. The summed E-state index contributed by atoms with van der Waals surface area (Å²) in [5, 5.41) is 0. The van der Waals surface area contributed by atoms with Crippen LogP contribution in [0.15, 0.2) is 48.8 Å². The first-order valence-electron chi connectivity index (χ1n) is 9.51. The Bertz CT molecular complexity index is 1030. The van der Waals surface area contributed by atoms with Crippen LogP contribution in [0, 0.1) is 24.5 Å². The molecule has 2 aromatic heterocycles. The highest BCUT2D eigenvalue weighted by atomic mass is 19.1. The van der Waals surface area contributed by atoms with Crippen molar-refractivity contribution >= 4 is 11.6 Å². The molecule has 148 valence electrons. The van der Waals surface area contributed by atoms with Crippen molar-refractivity contribution in [1.29, 1.82) is 0 Å². The molecule has 0 spiro atoms. The van der Waals surface area contributed by atoms with Gasteiger partial charge in [-0.3, -0.25) is 9.78 Å². The first-order chi connectivity index (χ1) is 14.0. The van der Waals surface area contributed by atoms with Gasteiger partial charge in [0.25, 0.3) is 0 Å². The fourth-order valence-corrected chi connectivity index (χ4v) is 3.62. The topological polar surface area (TPSA) is 59.0 Å². The summed E-state index contributed by atoms with van der Waals surface area (Å²) < 4.78 is 27.4. The quantitative estimate of drug-likeness (QED) is 0.620. The van der Waals surface area contributed by atoms with Gasteiger partial charge in [-0.15, -0.1) is 0 Å². The first kappa shape index (κ1) is 19.1. The van der Waals surface area contributed by atoms with Gasteiger partial charge in [-0.25, -0.2) is 18.7 Å². The third-order valence-electron chi connectivity index (χ3n) is 5.16. The second-order valence-electron chi connectivity index (χ2n) is 7.18. The van der Waals surface area contributed by atoms with Crippen LogP contribution in [0.3, 0.4) is 0 Å². The monoisotopic (exact) mass is 394 g/mol. The van der Waals surface area contributed by atoms with Crippen molar-refractivity contribution in [2.45, 2.75) is 19.8 Å². The maximum absolute atomic E-state index is 13.9. The number of aromatic nitrogens is 3. The van der Waals surface area contributed by atoms with E-state index in [1.807, 2.05) is 25.1 Å². The average molecular weight is 394 g/mol. The molecule has 5 nitrogen and oxygen atoms in total. The van der Waals surface area contributed by atoms with Gasteiger partial charge in [-0.05, 0) is 50.1 Å². The largest absolute Gasteiger partial charge is 0.356 e. The fraction of sp³-hybridized carbons (Fsp3) is 0.273. The number of rotatable bonds is 4. The van der Waals surface area contributed by atoms with Gasteiger partial charge in [0, 0.05) is 48.7 Å². The maximum Gasteiger partial charge on any atom is 0.169 e. The Morgan fingerprint density at radius 2 is 1.76 bits per heavy atom. The third-order valence-corrected chi connectivity index (χ3v) is 5.16. The van der Waals surface area contributed by atoms with Crippen molar-refractivity contribution in [3.63, 3.8) is 0 Å². The molecule has 29 heavy (non-hydrogen) atoms. The van der Waals surface area contributed by atoms with Crippen LogP contribution in [0.1, 0.15) is 28.9 Å².